The summed E-state index contributed by atoms with van der Waals surface area (Å²) >= 11 is 0. The van der Waals surface area contributed by atoms with Crippen LogP contribution in [0.2, 0.25) is 0 Å². The van der Waals surface area contributed by atoms with Crippen LogP contribution in [0.25, 0.3) is 0 Å². The Morgan fingerprint density at radius 3 is 2.86 bits per heavy atom. The number of carboxylic acid groups (broad SMARTS) is 1. The molecule has 1 unspecified atom stereocenters. The zero-order valence-corrected chi connectivity index (χ0v) is 7.95. The van der Waals surface area contributed by atoms with Gasteiger partial charge >= 0.3 is 5.97 Å². The lowest BCUT2D eigenvalue weighted by molar-refractivity contribution is -0.141. The SMILES string of the molecule is CCC(NC(=O)C1=COCC1)C(=O)O. The van der Waals surface area contributed by atoms with Crippen LogP contribution < -0.4 is 5.32 Å². The molecule has 0 radical (unpaired) electrons. The summed E-state index contributed by atoms with van der Waals surface area (Å²) < 4.78 is 4.88. The highest BCUT2D eigenvalue weighted by atomic mass is 16.5. The van der Waals surface area contributed by atoms with Crippen molar-refractivity contribution in [3.05, 3.63) is 11.8 Å². The van der Waals surface area contributed by atoms with Crippen molar-refractivity contribution in [3.63, 3.8) is 0 Å². The van der Waals surface area contributed by atoms with Gasteiger partial charge in [0.25, 0.3) is 5.91 Å². The summed E-state index contributed by atoms with van der Waals surface area (Å²) in [7, 11) is 0. The van der Waals surface area contributed by atoms with Crippen molar-refractivity contribution >= 4 is 11.9 Å². The Labute approximate surface area is 81.7 Å². The van der Waals surface area contributed by atoms with E-state index >= 15 is 0 Å². The lowest BCUT2D eigenvalue weighted by atomic mass is 10.2. The van der Waals surface area contributed by atoms with Gasteiger partial charge in [0.15, 0.2) is 0 Å². The second-order valence-electron chi connectivity index (χ2n) is 3.04. The number of carbonyl (C=O) groups is 2. The van der Waals surface area contributed by atoms with Crippen LogP contribution in [0.4, 0.5) is 0 Å². The van der Waals surface area contributed by atoms with Crippen molar-refractivity contribution < 1.29 is 19.4 Å². The Bertz CT molecular complexity index is 272. The van der Waals surface area contributed by atoms with Crippen molar-refractivity contribution in [2.75, 3.05) is 6.61 Å². The van der Waals surface area contributed by atoms with E-state index in [0.29, 0.717) is 25.0 Å². The molecular formula is C9H13NO4. The molecular weight excluding hydrogens is 186 g/mol. The standard InChI is InChI=1S/C9H13NO4/c1-2-7(9(12)13)10-8(11)6-3-4-14-5-6/h5,7H,2-4H2,1H3,(H,10,11)(H,12,13). The second kappa shape index (κ2) is 4.64. The summed E-state index contributed by atoms with van der Waals surface area (Å²) in [6.07, 6.45) is 2.29. The first-order valence-corrected chi connectivity index (χ1v) is 4.49. The molecule has 0 aromatic carbocycles. The van der Waals surface area contributed by atoms with Gasteiger partial charge in [0.05, 0.1) is 18.4 Å². The number of carboxylic acids is 1. The van der Waals surface area contributed by atoms with Gasteiger partial charge in [-0.05, 0) is 6.42 Å². The first-order chi connectivity index (χ1) is 6.65. The molecule has 0 saturated carbocycles. The maximum absolute atomic E-state index is 11.4. The van der Waals surface area contributed by atoms with Crippen LogP contribution in [0, 0.1) is 0 Å². The minimum Gasteiger partial charge on any atom is -0.500 e. The number of rotatable bonds is 4. The zero-order chi connectivity index (χ0) is 10.6. The molecule has 0 aliphatic carbocycles. The molecule has 0 spiro atoms. The third-order valence-electron chi connectivity index (χ3n) is 2.02. The van der Waals surface area contributed by atoms with Crippen molar-refractivity contribution in [1.29, 1.82) is 0 Å². The Morgan fingerprint density at radius 2 is 2.43 bits per heavy atom. The van der Waals surface area contributed by atoms with E-state index in [2.05, 4.69) is 5.32 Å². The van der Waals surface area contributed by atoms with Crippen molar-refractivity contribution in [2.24, 2.45) is 0 Å². The average molecular weight is 199 g/mol. The van der Waals surface area contributed by atoms with Crippen molar-refractivity contribution in [3.8, 4) is 0 Å². The fourth-order valence-corrected chi connectivity index (χ4v) is 1.14. The monoisotopic (exact) mass is 199 g/mol. The van der Waals surface area contributed by atoms with E-state index in [-0.39, 0.29) is 5.91 Å². The van der Waals surface area contributed by atoms with E-state index in [9.17, 15) is 9.59 Å². The van der Waals surface area contributed by atoms with E-state index in [1.54, 1.807) is 6.92 Å². The molecule has 5 nitrogen and oxygen atoms in total. The molecule has 1 heterocycles. The van der Waals surface area contributed by atoms with Gasteiger partial charge in [-0.1, -0.05) is 6.92 Å². The van der Waals surface area contributed by atoms with Crippen LogP contribution in [0.15, 0.2) is 11.8 Å². The molecule has 5 heteroatoms. The van der Waals surface area contributed by atoms with Crippen LogP contribution in [0.1, 0.15) is 19.8 Å². The van der Waals surface area contributed by atoms with E-state index in [4.69, 9.17) is 9.84 Å². The molecule has 0 saturated heterocycles. The molecule has 0 aromatic rings. The topological polar surface area (TPSA) is 75.6 Å². The van der Waals surface area contributed by atoms with E-state index in [1.807, 2.05) is 0 Å². The molecule has 0 fully saturated rings. The number of amides is 1. The van der Waals surface area contributed by atoms with Gasteiger partial charge in [-0.2, -0.15) is 0 Å². The third kappa shape index (κ3) is 2.48. The van der Waals surface area contributed by atoms with Gasteiger partial charge in [0, 0.05) is 6.42 Å². The lowest BCUT2D eigenvalue weighted by Crippen LogP contribution is -2.40. The molecule has 1 aliphatic heterocycles. The predicted octanol–water partition coefficient (Wildman–Crippen LogP) is 0.270. The molecule has 0 aromatic heterocycles. The molecule has 2 N–H and O–H groups in total. The summed E-state index contributed by atoms with van der Waals surface area (Å²) in [6.45, 7) is 2.20. The Balaban J connectivity index is 2.50. The molecule has 0 bridgehead atoms. The third-order valence-corrected chi connectivity index (χ3v) is 2.02. The fraction of sp³-hybridized carbons (Fsp3) is 0.556. The molecule has 14 heavy (non-hydrogen) atoms. The number of hydrogen-bond donors (Lipinski definition) is 2. The van der Waals surface area contributed by atoms with Gasteiger partial charge in [-0.25, -0.2) is 4.79 Å². The second-order valence-corrected chi connectivity index (χ2v) is 3.04. The average Bonchev–Trinajstić information content (AvgIpc) is 2.65. The number of ether oxygens (including phenoxy) is 1. The number of aliphatic carboxylic acids is 1. The molecule has 1 atom stereocenters. The highest BCUT2D eigenvalue weighted by Crippen LogP contribution is 2.10. The number of nitrogens with one attached hydrogen (secondary N) is 1. The highest BCUT2D eigenvalue weighted by Gasteiger charge is 2.21. The van der Waals surface area contributed by atoms with Crippen molar-refractivity contribution in [1.82, 2.24) is 5.32 Å². The van der Waals surface area contributed by atoms with Crippen molar-refractivity contribution in [2.45, 2.75) is 25.8 Å². The minimum absolute atomic E-state index is 0.350. The van der Waals surface area contributed by atoms with Crippen LogP contribution in [-0.2, 0) is 14.3 Å². The number of carbonyl (C=O) groups excluding carboxylic acids is 1. The van der Waals surface area contributed by atoms with E-state index < -0.39 is 12.0 Å². The summed E-state index contributed by atoms with van der Waals surface area (Å²) in [4.78, 5) is 22.0. The first kappa shape index (κ1) is 10.6. The minimum atomic E-state index is -1.01. The summed E-state index contributed by atoms with van der Waals surface area (Å²) in [5.74, 6) is -1.36. The highest BCUT2D eigenvalue weighted by molar-refractivity contribution is 5.95. The van der Waals surface area contributed by atoms with Crippen LogP contribution in [0.5, 0.6) is 0 Å². The van der Waals surface area contributed by atoms with Crippen LogP contribution in [0.3, 0.4) is 0 Å². The van der Waals surface area contributed by atoms with Gasteiger partial charge in [0.1, 0.15) is 6.04 Å². The van der Waals surface area contributed by atoms with Gasteiger partial charge in [-0.15, -0.1) is 0 Å². The van der Waals surface area contributed by atoms with Gasteiger partial charge in [0.2, 0.25) is 0 Å². The Kier molecular flexibility index (Phi) is 3.50. The largest absolute Gasteiger partial charge is 0.500 e. The zero-order valence-electron chi connectivity index (χ0n) is 7.95. The normalized spacial score (nSPS) is 16.8. The van der Waals surface area contributed by atoms with E-state index in [1.165, 1.54) is 6.26 Å². The maximum atomic E-state index is 11.4. The molecule has 78 valence electrons. The van der Waals surface area contributed by atoms with Gasteiger partial charge in [-0.3, -0.25) is 4.79 Å². The molecule has 1 amide bonds. The first-order valence-electron chi connectivity index (χ1n) is 4.49. The smallest absolute Gasteiger partial charge is 0.326 e. The Morgan fingerprint density at radius 1 is 1.71 bits per heavy atom. The lowest BCUT2D eigenvalue weighted by Gasteiger charge is -2.11. The van der Waals surface area contributed by atoms with Crippen LogP contribution in [-0.4, -0.2) is 29.6 Å². The van der Waals surface area contributed by atoms with E-state index in [0.717, 1.165) is 0 Å². The number of hydrogen-bond acceptors (Lipinski definition) is 3. The van der Waals surface area contributed by atoms with Gasteiger partial charge < -0.3 is 15.2 Å². The molecule has 1 aliphatic rings. The van der Waals surface area contributed by atoms with Crippen LogP contribution >= 0.6 is 0 Å². The fourth-order valence-electron chi connectivity index (χ4n) is 1.14. The maximum Gasteiger partial charge on any atom is 0.326 e. The molecule has 1 rings (SSSR count). The Hall–Kier alpha value is -1.52. The summed E-state index contributed by atoms with van der Waals surface area (Å²) in [6, 6.07) is -0.816. The quantitative estimate of drug-likeness (QED) is 0.681. The predicted molar refractivity (Wildman–Crippen MR) is 48.5 cm³/mol. The summed E-state index contributed by atoms with van der Waals surface area (Å²) in [5, 5.41) is 11.1. The summed E-state index contributed by atoms with van der Waals surface area (Å²) in [5.41, 5.74) is 0.504.